The minimum absolute atomic E-state index is 0.385. The van der Waals surface area contributed by atoms with Crippen molar-refractivity contribution in [3.63, 3.8) is 0 Å². The van der Waals surface area contributed by atoms with Crippen LogP contribution in [0.5, 0.6) is 0 Å². The van der Waals surface area contributed by atoms with E-state index in [1.807, 2.05) is 0 Å². The van der Waals surface area contributed by atoms with Crippen LogP contribution in [0.25, 0.3) is 0 Å². The van der Waals surface area contributed by atoms with E-state index in [1.165, 1.54) is 16.7 Å². The van der Waals surface area contributed by atoms with Gasteiger partial charge < -0.3 is 5.32 Å². The highest BCUT2D eigenvalue weighted by Crippen LogP contribution is 2.25. The summed E-state index contributed by atoms with van der Waals surface area (Å²) in [6.45, 7) is 11.4. The summed E-state index contributed by atoms with van der Waals surface area (Å²) in [7, 11) is 0. The molecule has 1 atom stereocenters. The first-order valence-electron chi connectivity index (χ1n) is 5.68. The molecule has 0 aliphatic carbocycles. The fourth-order valence-electron chi connectivity index (χ4n) is 1.92. The Kier molecular flexibility index (Phi) is 5.23. The molecule has 1 unspecified atom stereocenters. The van der Waals surface area contributed by atoms with Gasteiger partial charge in [-0.3, -0.25) is 0 Å². The third-order valence-electron chi connectivity index (χ3n) is 2.61. The van der Waals surface area contributed by atoms with Crippen molar-refractivity contribution in [3.8, 4) is 0 Å². The first-order valence-corrected chi connectivity index (χ1v) is 6.47. The van der Waals surface area contributed by atoms with Crippen molar-refractivity contribution in [2.75, 3.05) is 6.54 Å². The Hall–Kier alpha value is -0.600. The summed E-state index contributed by atoms with van der Waals surface area (Å²) in [5, 5.41) is 3.51. The fraction of sp³-hybridized carbons (Fsp3) is 0.429. The van der Waals surface area contributed by atoms with E-state index in [2.05, 4.69) is 66.8 Å². The Morgan fingerprint density at radius 1 is 1.50 bits per heavy atom. The van der Waals surface area contributed by atoms with Crippen LogP contribution in [0.2, 0.25) is 0 Å². The number of nitrogens with one attached hydrogen (secondary N) is 1. The molecule has 0 spiro atoms. The maximum atomic E-state index is 4.00. The quantitative estimate of drug-likeness (QED) is 0.790. The zero-order chi connectivity index (χ0) is 12.1. The van der Waals surface area contributed by atoms with Crippen LogP contribution in [-0.4, -0.2) is 6.54 Å². The summed E-state index contributed by atoms with van der Waals surface area (Å²) in [5.74, 6) is 0. The summed E-state index contributed by atoms with van der Waals surface area (Å²) < 4.78 is 1.14. The van der Waals surface area contributed by atoms with E-state index in [-0.39, 0.29) is 0 Å². The largest absolute Gasteiger partial charge is 0.310 e. The highest BCUT2D eigenvalue weighted by Gasteiger charge is 2.12. The minimum atomic E-state index is 0.385. The van der Waals surface area contributed by atoms with Gasteiger partial charge in [0.1, 0.15) is 0 Å². The SMILES string of the molecule is C=C(C)CC(NCC)c1ccc(Br)cc1C. The lowest BCUT2D eigenvalue weighted by Crippen LogP contribution is -2.21. The standard InChI is InChI=1S/C14H20BrN/c1-5-16-14(8-10(2)3)13-7-6-12(15)9-11(13)4/h6-7,9,14,16H,2,5,8H2,1,3-4H3. The zero-order valence-electron chi connectivity index (χ0n) is 10.3. The number of aryl methyl sites for hydroxylation is 1. The second kappa shape index (κ2) is 6.21. The maximum absolute atomic E-state index is 4.00. The van der Waals surface area contributed by atoms with E-state index in [0.717, 1.165) is 17.4 Å². The summed E-state index contributed by atoms with van der Waals surface area (Å²) in [5.41, 5.74) is 3.91. The normalized spacial score (nSPS) is 12.5. The van der Waals surface area contributed by atoms with Gasteiger partial charge in [-0.05, 0) is 50.1 Å². The van der Waals surface area contributed by atoms with Crippen molar-refractivity contribution in [2.45, 2.75) is 33.2 Å². The van der Waals surface area contributed by atoms with E-state index < -0.39 is 0 Å². The van der Waals surface area contributed by atoms with E-state index in [9.17, 15) is 0 Å². The molecule has 0 aromatic heterocycles. The molecule has 1 rings (SSSR count). The van der Waals surface area contributed by atoms with Gasteiger partial charge in [0.2, 0.25) is 0 Å². The lowest BCUT2D eigenvalue weighted by molar-refractivity contribution is 0.546. The molecule has 0 bridgehead atoms. The van der Waals surface area contributed by atoms with Gasteiger partial charge in [-0.15, -0.1) is 6.58 Å². The molecule has 88 valence electrons. The van der Waals surface area contributed by atoms with Crippen molar-refractivity contribution in [1.29, 1.82) is 0 Å². The Morgan fingerprint density at radius 2 is 2.19 bits per heavy atom. The van der Waals surface area contributed by atoms with Crippen molar-refractivity contribution >= 4 is 15.9 Å². The second-order valence-electron chi connectivity index (χ2n) is 4.27. The van der Waals surface area contributed by atoms with Crippen LogP contribution in [0.3, 0.4) is 0 Å². The summed E-state index contributed by atoms with van der Waals surface area (Å²) in [6, 6.07) is 6.84. The minimum Gasteiger partial charge on any atom is -0.310 e. The third kappa shape index (κ3) is 3.76. The topological polar surface area (TPSA) is 12.0 Å². The molecule has 0 radical (unpaired) electrons. The molecule has 1 aromatic carbocycles. The molecule has 0 aliphatic rings. The second-order valence-corrected chi connectivity index (χ2v) is 5.19. The molecular weight excluding hydrogens is 262 g/mol. The summed E-state index contributed by atoms with van der Waals surface area (Å²) in [4.78, 5) is 0. The highest BCUT2D eigenvalue weighted by molar-refractivity contribution is 9.10. The lowest BCUT2D eigenvalue weighted by atomic mass is 9.96. The number of halogens is 1. The first-order chi connectivity index (χ1) is 7.54. The Balaban J connectivity index is 2.95. The van der Waals surface area contributed by atoms with Gasteiger partial charge in [0, 0.05) is 10.5 Å². The average Bonchev–Trinajstić information content (AvgIpc) is 2.16. The molecule has 1 N–H and O–H groups in total. The molecule has 0 amide bonds. The molecular formula is C14H20BrN. The summed E-state index contributed by atoms with van der Waals surface area (Å²) >= 11 is 3.50. The van der Waals surface area contributed by atoms with Gasteiger partial charge in [-0.1, -0.05) is 34.5 Å². The van der Waals surface area contributed by atoms with Gasteiger partial charge in [0.05, 0.1) is 0 Å². The molecule has 2 heteroatoms. The number of hydrogen-bond donors (Lipinski definition) is 1. The third-order valence-corrected chi connectivity index (χ3v) is 3.10. The monoisotopic (exact) mass is 281 g/mol. The van der Waals surface area contributed by atoms with E-state index in [1.54, 1.807) is 0 Å². The molecule has 16 heavy (non-hydrogen) atoms. The lowest BCUT2D eigenvalue weighted by Gasteiger charge is -2.20. The van der Waals surface area contributed by atoms with Gasteiger partial charge in [0.25, 0.3) is 0 Å². The van der Waals surface area contributed by atoms with Gasteiger partial charge in [-0.25, -0.2) is 0 Å². The molecule has 1 nitrogen and oxygen atoms in total. The van der Waals surface area contributed by atoms with Gasteiger partial charge in [0.15, 0.2) is 0 Å². The van der Waals surface area contributed by atoms with Crippen molar-refractivity contribution in [1.82, 2.24) is 5.32 Å². The Labute approximate surface area is 107 Å². The maximum Gasteiger partial charge on any atom is 0.0359 e. The molecule has 1 aromatic rings. The van der Waals surface area contributed by atoms with Crippen LogP contribution in [-0.2, 0) is 0 Å². The predicted molar refractivity (Wildman–Crippen MR) is 74.7 cm³/mol. The zero-order valence-corrected chi connectivity index (χ0v) is 11.9. The van der Waals surface area contributed by atoms with Crippen LogP contribution in [0.4, 0.5) is 0 Å². The molecule has 0 heterocycles. The van der Waals surface area contributed by atoms with Crippen LogP contribution in [0.1, 0.15) is 37.4 Å². The van der Waals surface area contributed by atoms with Gasteiger partial charge in [-0.2, -0.15) is 0 Å². The molecule has 0 saturated carbocycles. The average molecular weight is 282 g/mol. The Bertz CT molecular complexity index is 371. The van der Waals surface area contributed by atoms with Crippen molar-refractivity contribution < 1.29 is 0 Å². The van der Waals surface area contributed by atoms with Crippen LogP contribution in [0.15, 0.2) is 34.8 Å². The van der Waals surface area contributed by atoms with Crippen molar-refractivity contribution in [2.24, 2.45) is 0 Å². The van der Waals surface area contributed by atoms with Crippen LogP contribution >= 0.6 is 15.9 Å². The highest BCUT2D eigenvalue weighted by atomic mass is 79.9. The smallest absolute Gasteiger partial charge is 0.0359 e. The Morgan fingerprint density at radius 3 is 2.69 bits per heavy atom. The molecule has 0 fully saturated rings. The molecule has 0 saturated heterocycles. The molecule has 0 aliphatic heterocycles. The number of hydrogen-bond acceptors (Lipinski definition) is 1. The van der Waals surface area contributed by atoms with Crippen LogP contribution in [0, 0.1) is 6.92 Å². The van der Waals surface area contributed by atoms with Crippen molar-refractivity contribution in [3.05, 3.63) is 46.0 Å². The summed E-state index contributed by atoms with van der Waals surface area (Å²) in [6.07, 6.45) is 0.996. The van der Waals surface area contributed by atoms with Crippen LogP contribution < -0.4 is 5.32 Å². The number of rotatable bonds is 5. The van der Waals surface area contributed by atoms with E-state index >= 15 is 0 Å². The first kappa shape index (κ1) is 13.5. The van der Waals surface area contributed by atoms with E-state index in [4.69, 9.17) is 0 Å². The number of benzene rings is 1. The fourth-order valence-corrected chi connectivity index (χ4v) is 2.39. The van der Waals surface area contributed by atoms with E-state index in [0.29, 0.717) is 6.04 Å². The van der Waals surface area contributed by atoms with Gasteiger partial charge >= 0.3 is 0 Å². The predicted octanol–water partition coefficient (Wildman–Crippen LogP) is 4.37.